The molecule has 1 saturated heterocycles. The van der Waals surface area contributed by atoms with Gasteiger partial charge in [0.15, 0.2) is 0 Å². The normalized spacial score (nSPS) is 17.0. The summed E-state index contributed by atoms with van der Waals surface area (Å²) in [4.78, 5) is 4.96. The molecule has 5 nitrogen and oxygen atoms in total. The van der Waals surface area contributed by atoms with Crippen molar-refractivity contribution in [1.29, 1.82) is 0 Å². The van der Waals surface area contributed by atoms with Gasteiger partial charge in [0.25, 0.3) is 0 Å². The maximum Gasteiger partial charge on any atom is 0.247 e. The minimum absolute atomic E-state index is 0.599. The summed E-state index contributed by atoms with van der Waals surface area (Å²) in [7, 11) is 2.20. The third-order valence-corrected chi connectivity index (χ3v) is 4.26. The topological polar surface area (TPSA) is 45.4 Å². The molecule has 3 rings (SSSR count). The first-order valence-electron chi connectivity index (χ1n) is 8.01. The van der Waals surface area contributed by atoms with Gasteiger partial charge in [-0.3, -0.25) is 0 Å². The summed E-state index contributed by atoms with van der Waals surface area (Å²) in [5, 5.41) is 7.91. The van der Waals surface area contributed by atoms with Gasteiger partial charge in [-0.2, -0.15) is 0 Å². The van der Waals surface area contributed by atoms with Crippen LogP contribution in [0.25, 0.3) is 11.5 Å². The van der Waals surface area contributed by atoms with E-state index in [0.717, 1.165) is 12.0 Å². The van der Waals surface area contributed by atoms with E-state index < -0.39 is 0 Å². The monoisotopic (exact) mass is 300 g/mol. The highest BCUT2D eigenvalue weighted by molar-refractivity contribution is 5.52. The lowest BCUT2D eigenvalue weighted by Gasteiger charge is -2.32. The maximum absolute atomic E-state index is 5.45. The minimum Gasteiger partial charge on any atom is -0.421 e. The Hall–Kier alpha value is -1.72. The highest BCUT2D eigenvalue weighted by atomic mass is 16.4. The molecule has 0 N–H and O–H groups in total. The summed E-state index contributed by atoms with van der Waals surface area (Å²) in [6.45, 7) is 7.79. The second-order valence-electron chi connectivity index (χ2n) is 6.07. The third-order valence-electron chi connectivity index (χ3n) is 4.26. The summed E-state index contributed by atoms with van der Waals surface area (Å²) in [5.74, 6) is 1.20. The smallest absolute Gasteiger partial charge is 0.247 e. The van der Waals surface area contributed by atoms with Crippen LogP contribution in [0.4, 0.5) is 0 Å². The summed E-state index contributed by atoms with van der Waals surface area (Å²) >= 11 is 0. The number of piperazine rings is 1. The molecule has 1 aliphatic rings. The fraction of sp³-hybridized carbons (Fsp3) is 0.529. The number of likely N-dealkylation sites (N-methyl/N-ethyl adjacent to an activating group) is 1. The van der Waals surface area contributed by atoms with Gasteiger partial charge in [-0.25, -0.2) is 0 Å². The number of aromatic nitrogens is 2. The first kappa shape index (κ1) is 15.2. The van der Waals surface area contributed by atoms with Gasteiger partial charge in [-0.05, 0) is 44.1 Å². The van der Waals surface area contributed by atoms with Crippen LogP contribution in [0.2, 0.25) is 0 Å². The average Bonchev–Trinajstić information content (AvgIpc) is 2.97. The first-order valence-corrected chi connectivity index (χ1v) is 8.01. The van der Waals surface area contributed by atoms with E-state index in [-0.39, 0.29) is 0 Å². The Bertz CT molecular complexity index is 585. The van der Waals surface area contributed by atoms with Crippen LogP contribution in [-0.2, 0) is 6.42 Å². The number of aryl methyl sites for hydroxylation is 2. The molecule has 118 valence electrons. The zero-order chi connectivity index (χ0) is 15.4. The van der Waals surface area contributed by atoms with Gasteiger partial charge in [0, 0.05) is 38.7 Å². The van der Waals surface area contributed by atoms with E-state index in [1.807, 2.05) is 6.92 Å². The van der Waals surface area contributed by atoms with Gasteiger partial charge in [-0.1, -0.05) is 12.1 Å². The molecule has 1 aromatic carbocycles. The lowest BCUT2D eigenvalue weighted by atomic mass is 10.1. The van der Waals surface area contributed by atoms with Crippen molar-refractivity contribution in [3.8, 4) is 11.5 Å². The van der Waals surface area contributed by atoms with Gasteiger partial charge in [0.2, 0.25) is 11.8 Å². The predicted octanol–water partition coefficient (Wildman–Crippen LogP) is 2.23. The first-order chi connectivity index (χ1) is 10.7. The molecule has 2 heterocycles. The Morgan fingerprint density at radius 2 is 1.77 bits per heavy atom. The molecule has 0 atom stereocenters. The van der Waals surface area contributed by atoms with E-state index in [4.69, 9.17) is 4.42 Å². The summed E-state index contributed by atoms with van der Waals surface area (Å²) < 4.78 is 5.45. The molecule has 0 bridgehead atoms. The molecule has 0 radical (unpaired) electrons. The molecule has 22 heavy (non-hydrogen) atoms. The highest BCUT2D eigenvalue weighted by Crippen LogP contribution is 2.18. The molecular weight excluding hydrogens is 276 g/mol. The maximum atomic E-state index is 5.45. The molecular formula is C17H24N4O. The third kappa shape index (κ3) is 3.93. The minimum atomic E-state index is 0.599. The van der Waals surface area contributed by atoms with E-state index in [1.54, 1.807) is 0 Å². The van der Waals surface area contributed by atoms with Crippen molar-refractivity contribution in [2.24, 2.45) is 0 Å². The van der Waals surface area contributed by atoms with Crippen LogP contribution in [0.3, 0.4) is 0 Å². The van der Waals surface area contributed by atoms with Crippen molar-refractivity contribution in [2.75, 3.05) is 39.8 Å². The molecule has 1 aliphatic heterocycles. The van der Waals surface area contributed by atoms with Crippen LogP contribution in [0.1, 0.15) is 17.9 Å². The molecule has 0 unspecified atom stereocenters. The van der Waals surface area contributed by atoms with E-state index in [0.29, 0.717) is 11.8 Å². The molecule has 1 aromatic heterocycles. The molecule has 0 spiro atoms. The molecule has 0 amide bonds. The second-order valence-corrected chi connectivity index (χ2v) is 6.07. The van der Waals surface area contributed by atoms with Gasteiger partial charge in [0.05, 0.1) is 0 Å². The van der Waals surface area contributed by atoms with Crippen molar-refractivity contribution in [2.45, 2.75) is 19.8 Å². The van der Waals surface area contributed by atoms with E-state index in [1.165, 1.54) is 44.7 Å². The quantitative estimate of drug-likeness (QED) is 0.847. The SMILES string of the molecule is Cc1nnc(-c2ccc(CCCN3CCN(C)CC3)cc2)o1. The van der Waals surface area contributed by atoms with E-state index in [2.05, 4.69) is 51.3 Å². The Morgan fingerprint density at radius 1 is 1.05 bits per heavy atom. The van der Waals surface area contributed by atoms with Gasteiger partial charge in [-0.15, -0.1) is 10.2 Å². The molecule has 0 aliphatic carbocycles. The lowest BCUT2D eigenvalue weighted by Crippen LogP contribution is -2.44. The summed E-state index contributed by atoms with van der Waals surface area (Å²) in [6, 6.07) is 8.47. The fourth-order valence-electron chi connectivity index (χ4n) is 2.81. The van der Waals surface area contributed by atoms with Crippen LogP contribution < -0.4 is 0 Å². The van der Waals surface area contributed by atoms with E-state index in [9.17, 15) is 0 Å². The predicted molar refractivity (Wildman–Crippen MR) is 86.7 cm³/mol. The zero-order valence-corrected chi connectivity index (χ0v) is 13.5. The van der Waals surface area contributed by atoms with Crippen LogP contribution in [-0.4, -0.2) is 59.8 Å². The lowest BCUT2D eigenvalue weighted by molar-refractivity contribution is 0.153. The number of nitrogens with zero attached hydrogens (tertiary/aromatic N) is 4. The fourth-order valence-corrected chi connectivity index (χ4v) is 2.81. The van der Waals surface area contributed by atoms with Crippen LogP contribution in [0, 0.1) is 6.92 Å². The summed E-state index contributed by atoms with van der Waals surface area (Å²) in [5.41, 5.74) is 2.36. The van der Waals surface area contributed by atoms with Gasteiger partial charge < -0.3 is 14.2 Å². The molecule has 0 saturated carbocycles. The van der Waals surface area contributed by atoms with Crippen molar-refractivity contribution >= 4 is 0 Å². The Morgan fingerprint density at radius 3 is 2.41 bits per heavy atom. The van der Waals surface area contributed by atoms with Crippen LogP contribution in [0.15, 0.2) is 28.7 Å². The number of benzene rings is 1. The Balaban J connectivity index is 1.47. The Kier molecular flexibility index (Phi) is 4.85. The van der Waals surface area contributed by atoms with Crippen LogP contribution in [0.5, 0.6) is 0 Å². The Labute approximate surface area is 131 Å². The van der Waals surface area contributed by atoms with Crippen LogP contribution >= 0.6 is 0 Å². The largest absolute Gasteiger partial charge is 0.421 e. The van der Waals surface area contributed by atoms with Gasteiger partial charge in [0.1, 0.15) is 0 Å². The van der Waals surface area contributed by atoms with Crippen molar-refractivity contribution in [1.82, 2.24) is 20.0 Å². The molecule has 2 aromatic rings. The standard InChI is InChI=1S/C17H24N4O/c1-14-18-19-17(22-14)16-7-5-15(6-8-16)4-3-9-21-12-10-20(2)11-13-21/h5-8H,3-4,9-13H2,1-2H3. The summed E-state index contributed by atoms with van der Waals surface area (Å²) in [6.07, 6.45) is 2.33. The van der Waals surface area contributed by atoms with Crippen molar-refractivity contribution in [3.05, 3.63) is 35.7 Å². The van der Waals surface area contributed by atoms with Crippen molar-refractivity contribution < 1.29 is 4.42 Å². The van der Waals surface area contributed by atoms with Crippen molar-refractivity contribution in [3.63, 3.8) is 0 Å². The number of hydrogen-bond donors (Lipinski definition) is 0. The second kappa shape index (κ2) is 7.03. The number of rotatable bonds is 5. The number of hydrogen-bond acceptors (Lipinski definition) is 5. The zero-order valence-electron chi connectivity index (χ0n) is 13.5. The average molecular weight is 300 g/mol. The van der Waals surface area contributed by atoms with Gasteiger partial charge >= 0.3 is 0 Å². The molecule has 1 fully saturated rings. The molecule has 5 heteroatoms. The van der Waals surface area contributed by atoms with E-state index >= 15 is 0 Å². The highest BCUT2D eigenvalue weighted by Gasteiger charge is 2.12.